The van der Waals surface area contributed by atoms with Gasteiger partial charge in [-0.1, -0.05) is 19.3 Å². The smallest absolute Gasteiger partial charge is 0.315 e. The summed E-state index contributed by atoms with van der Waals surface area (Å²) < 4.78 is 14.6. The number of carbonyl (C=O) groups is 1. The van der Waals surface area contributed by atoms with Gasteiger partial charge in [0, 0.05) is 12.7 Å². The molecule has 1 aromatic heterocycles. The van der Waals surface area contributed by atoms with Crippen LogP contribution in [0.15, 0.2) is 36.5 Å². The highest BCUT2D eigenvalue weighted by molar-refractivity contribution is 5.73. The van der Waals surface area contributed by atoms with Crippen LogP contribution in [0.2, 0.25) is 0 Å². The van der Waals surface area contributed by atoms with Crippen LogP contribution in [-0.4, -0.2) is 33.1 Å². The Morgan fingerprint density at radius 2 is 1.88 bits per heavy atom. The van der Waals surface area contributed by atoms with Crippen LogP contribution in [0.4, 0.5) is 9.18 Å². The zero-order valence-electron chi connectivity index (χ0n) is 14.0. The summed E-state index contributed by atoms with van der Waals surface area (Å²) >= 11 is 0. The van der Waals surface area contributed by atoms with Crippen molar-refractivity contribution in [3.63, 3.8) is 0 Å². The maximum absolute atomic E-state index is 12.9. The van der Waals surface area contributed by atoms with E-state index in [2.05, 4.69) is 15.7 Å². The molecule has 3 rings (SSSR count). The van der Waals surface area contributed by atoms with Crippen molar-refractivity contribution in [3.05, 3.63) is 48.0 Å². The summed E-state index contributed by atoms with van der Waals surface area (Å²) in [5.74, 6) is -0.297. The fraction of sp³-hybridized carbons (Fsp3) is 0.444. The largest absolute Gasteiger partial charge is 0.388 e. The molecule has 0 radical (unpaired) electrons. The van der Waals surface area contributed by atoms with Crippen LogP contribution in [0.3, 0.4) is 0 Å². The molecule has 1 fully saturated rings. The van der Waals surface area contributed by atoms with Crippen molar-refractivity contribution < 1.29 is 14.3 Å². The second-order valence-electron chi connectivity index (χ2n) is 6.55. The van der Waals surface area contributed by atoms with E-state index in [1.54, 1.807) is 29.1 Å². The van der Waals surface area contributed by atoms with Gasteiger partial charge >= 0.3 is 6.03 Å². The highest BCUT2D eigenvalue weighted by Crippen LogP contribution is 2.27. The number of hydrogen-bond donors (Lipinski definition) is 3. The Kier molecular flexibility index (Phi) is 5.33. The lowest BCUT2D eigenvalue weighted by molar-refractivity contribution is 0.00719. The number of urea groups is 1. The van der Waals surface area contributed by atoms with Crippen molar-refractivity contribution in [3.8, 4) is 5.69 Å². The minimum atomic E-state index is -0.778. The molecule has 0 aliphatic heterocycles. The van der Waals surface area contributed by atoms with Gasteiger partial charge in [0.05, 0.1) is 23.5 Å². The molecule has 3 N–H and O–H groups in total. The van der Waals surface area contributed by atoms with Gasteiger partial charge in [-0.2, -0.15) is 5.10 Å². The lowest BCUT2D eigenvalue weighted by Crippen LogP contribution is -2.47. The van der Waals surface area contributed by atoms with E-state index >= 15 is 0 Å². The lowest BCUT2D eigenvalue weighted by Gasteiger charge is -2.32. The van der Waals surface area contributed by atoms with Crippen LogP contribution in [0, 0.1) is 5.82 Å². The van der Waals surface area contributed by atoms with E-state index in [4.69, 9.17) is 0 Å². The Morgan fingerprint density at radius 3 is 2.60 bits per heavy atom. The molecule has 6 nitrogen and oxygen atoms in total. The van der Waals surface area contributed by atoms with Gasteiger partial charge in [0.25, 0.3) is 0 Å². The van der Waals surface area contributed by atoms with Crippen molar-refractivity contribution in [2.24, 2.45) is 0 Å². The molecule has 1 aromatic carbocycles. The molecule has 2 amide bonds. The van der Waals surface area contributed by atoms with E-state index in [0.717, 1.165) is 37.8 Å². The molecule has 1 aliphatic carbocycles. The first-order valence-corrected chi connectivity index (χ1v) is 8.59. The summed E-state index contributed by atoms with van der Waals surface area (Å²) in [5, 5.41) is 20.2. The van der Waals surface area contributed by atoms with Crippen LogP contribution >= 0.6 is 0 Å². The molecule has 0 unspecified atom stereocenters. The maximum Gasteiger partial charge on any atom is 0.315 e. The van der Waals surface area contributed by atoms with Gasteiger partial charge in [0.1, 0.15) is 5.82 Å². The fourth-order valence-corrected chi connectivity index (χ4v) is 3.06. The molecular formula is C18H23FN4O2. The topological polar surface area (TPSA) is 79.2 Å². The number of benzene rings is 1. The highest BCUT2D eigenvalue weighted by atomic mass is 19.1. The minimum Gasteiger partial charge on any atom is -0.388 e. The van der Waals surface area contributed by atoms with Crippen LogP contribution in [0.5, 0.6) is 0 Å². The standard InChI is InChI=1S/C18H23FN4O2/c19-14-4-6-16(7-5-14)23-11-8-15(22-23)12-20-17(24)21-13-18(25)9-2-1-3-10-18/h4-8,11,25H,1-3,9-10,12-13H2,(H2,20,21,24). The number of nitrogens with one attached hydrogen (secondary N) is 2. The molecule has 1 heterocycles. The van der Waals surface area contributed by atoms with Gasteiger partial charge in [0.2, 0.25) is 0 Å². The zero-order chi connectivity index (χ0) is 17.7. The molecule has 7 heteroatoms. The first kappa shape index (κ1) is 17.4. The molecule has 1 aliphatic rings. The van der Waals surface area contributed by atoms with Crippen molar-refractivity contribution in [1.82, 2.24) is 20.4 Å². The number of aromatic nitrogens is 2. The molecular weight excluding hydrogens is 323 g/mol. The number of rotatable bonds is 5. The van der Waals surface area contributed by atoms with E-state index < -0.39 is 5.60 Å². The van der Waals surface area contributed by atoms with E-state index in [-0.39, 0.29) is 24.9 Å². The van der Waals surface area contributed by atoms with E-state index in [0.29, 0.717) is 5.69 Å². The molecule has 0 bridgehead atoms. The Bertz CT molecular complexity index is 708. The monoisotopic (exact) mass is 346 g/mol. The second kappa shape index (κ2) is 7.65. The summed E-state index contributed by atoms with van der Waals surface area (Å²) in [4.78, 5) is 11.9. The number of amides is 2. The Balaban J connectivity index is 1.47. The quantitative estimate of drug-likeness (QED) is 0.778. The van der Waals surface area contributed by atoms with Crippen LogP contribution in [0.1, 0.15) is 37.8 Å². The summed E-state index contributed by atoms with van der Waals surface area (Å²) in [7, 11) is 0. The predicted octanol–water partition coefficient (Wildman–Crippen LogP) is 2.51. The molecule has 0 atom stereocenters. The number of aliphatic hydroxyl groups is 1. The van der Waals surface area contributed by atoms with Gasteiger partial charge < -0.3 is 15.7 Å². The third kappa shape index (κ3) is 4.79. The van der Waals surface area contributed by atoms with Crippen molar-refractivity contribution in [2.45, 2.75) is 44.2 Å². The van der Waals surface area contributed by atoms with Gasteiger partial charge in [-0.25, -0.2) is 13.9 Å². The lowest BCUT2D eigenvalue weighted by atomic mass is 9.85. The molecule has 0 spiro atoms. The number of nitrogens with zero attached hydrogens (tertiary/aromatic N) is 2. The van der Waals surface area contributed by atoms with E-state index in [9.17, 15) is 14.3 Å². The van der Waals surface area contributed by atoms with Gasteiger partial charge in [-0.15, -0.1) is 0 Å². The Hall–Kier alpha value is -2.41. The predicted molar refractivity (Wildman–Crippen MR) is 91.8 cm³/mol. The average molecular weight is 346 g/mol. The maximum atomic E-state index is 12.9. The van der Waals surface area contributed by atoms with Crippen LogP contribution < -0.4 is 10.6 Å². The number of hydrogen-bond acceptors (Lipinski definition) is 3. The first-order valence-electron chi connectivity index (χ1n) is 8.59. The van der Waals surface area contributed by atoms with E-state index in [1.807, 2.05) is 0 Å². The van der Waals surface area contributed by atoms with Crippen LogP contribution in [-0.2, 0) is 6.54 Å². The van der Waals surface area contributed by atoms with Gasteiger partial charge in [-0.3, -0.25) is 0 Å². The third-order valence-corrected chi connectivity index (χ3v) is 4.53. The average Bonchev–Trinajstić information content (AvgIpc) is 3.08. The van der Waals surface area contributed by atoms with E-state index in [1.165, 1.54) is 12.1 Å². The fourth-order valence-electron chi connectivity index (χ4n) is 3.06. The van der Waals surface area contributed by atoms with Gasteiger partial charge in [0.15, 0.2) is 0 Å². The molecule has 1 saturated carbocycles. The summed E-state index contributed by atoms with van der Waals surface area (Å²) in [6.07, 6.45) is 6.37. The van der Waals surface area contributed by atoms with Crippen LogP contribution in [0.25, 0.3) is 5.69 Å². The Morgan fingerprint density at radius 1 is 1.16 bits per heavy atom. The zero-order valence-corrected chi connectivity index (χ0v) is 14.0. The number of carbonyl (C=O) groups excluding carboxylic acids is 1. The third-order valence-electron chi connectivity index (χ3n) is 4.53. The van der Waals surface area contributed by atoms with Crippen molar-refractivity contribution >= 4 is 6.03 Å². The van der Waals surface area contributed by atoms with Crippen molar-refractivity contribution in [2.75, 3.05) is 6.54 Å². The minimum absolute atomic E-state index is 0.267. The normalized spacial score (nSPS) is 16.4. The summed E-state index contributed by atoms with van der Waals surface area (Å²) in [6, 6.07) is 7.49. The SMILES string of the molecule is O=C(NCc1ccn(-c2ccc(F)cc2)n1)NCC1(O)CCCCC1. The second-order valence-corrected chi connectivity index (χ2v) is 6.55. The highest BCUT2D eigenvalue weighted by Gasteiger charge is 2.29. The summed E-state index contributed by atoms with van der Waals surface area (Å²) in [6.45, 7) is 0.543. The molecule has 134 valence electrons. The first-order chi connectivity index (χ1) is 12.0. The van der Waals surface area contributed by atoms with Gasteiger partial charge in [-0.05, 0) is 43.2 Å². The molecule has 2 aromatic rings. The molecule has 25 heavy (non-hydrogen) atoms. The molecule has 0 saturated heterocycles. The number of halogens is 1. The Labute approximate surface area is 146 Å². The van der Waals surface area contributed by atoms with Crippen molar-refractivity contribution in [1.29, 1.82) is 0 Å². The summed E-state index contributed by atoms with van der Waals surface area (Å²) in [5.41, 5.74) is 0.659.